The van der Waals surface area contributed by atoms with Crippen molar-refractivity contribution in [3.63, 3.8) is 0 Å². The van der Waals surface area contributed by atoms with E-state index in [2.05, 4.69) is 77.6 Å². The molecule has 1 N–H and O–H groups in total. The number of hydrogen-bond donors (Lipinski definition) is 1. The highest BCUT2D eigenvalue weighted by Crippen LogP contribution is 2.35. The second kappa shape index (κ2) is 11.0. The highest BCUT2D eigenvalue weighted by molar-refractivity contribution is 7.91. The van der Waals surface area contributed by atoms with Crippen molar-refractivity contribution in [1.82, 2.24) is 19.9 Å². The number of pyridine rings is 1. The average Bonchev–Trinajstić information content (AvgIpc) is 3.36. The molecular weight excluding hydrogens is 518 g/mol. The van der Waals surface area contributed by atoms with Gasteiger partial charge in [0.1, 0.15) is 17.7 Å². The summed E-state index contributed by atoms with van der Waals surface area (Å²) in [7, 11) is 1.22. The minimum atomic E-state index is -2.95. The molecule has 38 heavy (non-hydrogen) atoms. The third-order valence-corrected chi connectivity index (χ3v) is 9.65. The molecule has 0 radical (unpaired) electrons. The molecule has 1 atom stereocenters. The topological polar surface area (TPSA) is 97.3 Å². The van der Waals surface area contributed by atoms with Crippen LogP contribution in [-0.4, -0.2) is 60.0 Å². The first kappa shape index (κ1) is 26.5. The van der Waals surface area contributed by atoms with E-state index in [1.54, 1.807) is 17.5 Å². The van der Waals surface area contributed by atoms with Crippen molar-refractivity contribution in [3.8, 4) is 16.3 Å². The van der Waals surface area contributed by atoms with E-state index in [4.69, 9.17) is 9.72 Å². The third kappa shape index (κ3) is 6.14. The van der Waals surface area contributed by atoms with Gasteiger partial charge in [0, 0.05) is 27.8 Å². The quantitative estimate of drug-likeness (QED) is 0.317. The van der Waals surface area contributed by atoms with E-state index >= 15 is 0 Å². The van der Waals surface area contributed by atoms with Crippen LogP contribution in [-0.2, 0) is 16.4 Å². The number of ether oxygens (including phenoxy) is 1. The van der Waals surface area contributed by atoms with Crippen LogP contribution in [0.5, 0.6) is 5.88 Å². The number of aryl methyl sites for hydroxylation is 1. The number of aromatic nitrogens is 3. The second-order valence-electron chi connectivity index (χ2n) is 10.1. The van der Waals surface area contributed by atoms with Crippen molar-refractivity contribution in [3.05, 3.63) is 64.9 Å². The van der Waals surface area contributed by atoms with E-state index in [-0.39, 0.29) is 23.7 Å². The molecule has 0 aliphatic carbocycles. The zero-order valence-corrected chi connectivity index (χ0v) is 23.8. The molecule has 1 aliphatic heterocycles. The first-order valence-electron chi connectivity index (χ1n) is 12.8. The molecule has 10 heteroatoms. The van der Waals surface area contributed by atoms with Gasteiger partial charge in [0.15, 0.2) is 9.84 Å². The lowest BCUT2D eigenvalue weighted by Gasteiger charge is -2.23. The number of rotatable bonds is 8. The fourth-order valence-electron chi connectivity index (χ4n) is 4.71. The van der Waals surface area contributed by atoms with Crippen LogP contribution in [0.3, 0.4) is 0 Å². The summed E-state index contributed by atoms with van der Waals surface area (Å²) in [6, 6.07) is 14.8. The number of nitrogens with one attached hydrogen (secondary N) is 1. The standard InChI is InChI=1S/C28H33N5O3S2/c1-18(25-9-10-26(37-25)22-8-6-5-7-20(22)17-33(3)4)30-28-23-15-27(29-16-24(23)31-19(2)32-28)36-21-11-13-38(34,35)14-12-21/h5-10,15-16,18,21H,11-14,17H2,1-4H3,(H,30,31,32). The summed E-state index contributed by atoms with van der Waals surface area (Å²) in [5, 5.41) is 4.41. The van der Waals surface area contributed by atoms with Crippen LogP contribution in [0.2, 0.25) is 0 Å². The van der Waals surface area contributed by atoms with Crippen molar-refractivity contribution in [2.75, 3.05) is 30.9 Å². The van der Waals surface area contributed by atoms with Crippen LogP contribution in [0.4, 0.5) is 5.82 Å². The van der Waals surface area contributed by atoms with Gasteiger partial charge in [0.25, 0.3) is 0 Å². The summed E-state index contributed by atoms with van der Waals surface area (Å²) in [5.41, 5.74) is 3.30. The Morgan fingerprint density at radius 2 is 1.89 bits per heavy atom. The molecule has 0 saturated carbocycles. The van der Waals surface area contributed by atoms with Crippen LogP contribution in [0, 0.1) is 6.92 Å². The van der Waals surface area contributed by atoms with Crippen LogP contribution in [0.1, 0.15) is 42.1 Å². The SMILES string of the molecule is Cc1nc(NC(C)c2ccc(-c3ccccc3CN(C)C)s2)c2cc(OC3CCS(=O)(=O)CC3)ncc2n1. The summed E-state index contributed by atoms with van der Waals surface area (Å²) in [6.45, 7) is 4.89. The molecule has 1 aromatic carbocycles. The van der Waals surface area contributed by atoms with Gasteiger partial charge in [-0.2, -0.15) is 0 Å². The molecule has 4 heterocycles. The Kier molecular flexibility index (Phi) is 7.65. The van der Waals surface area contributed by atoms with Gasteiger partial charge in [-0.05, 0) is 64.0 Å². The Balaban J connectivity index is 1.37. The molecule has 8 nitrogen and oxygen atoms in total. The Bertz CT molecular complexity index is 1540. The van der Waals surface area contributed by atoms with E-state index < -0.39 is 9.84 Å². The summed E-state index contributed by atoms with van der Waals surface area (Å²) in [4.78, 5) is 18.3. The molecule has 5 rings (SSSR count). The van der Waals surface area contributed by atoms with Crippen LogP contribution in [0.25, 0.3) is 21.3 Å². The zero-order chi connectivity index (χ0) is 26.9. The normalized spacial score (nSPS) is 16.6. The largest absolute Gasteiger partial charge is 0.474 e. The molecule has 0 spiro atoms. The summed E-state index contributed by atoms with van der Waals surface area (Å²) < 4.78 is 29.6. The van der Waals surface area contributed by atoms with Gasteiger partial charge in [0.2, 0.25) is 5.88 Å². The summed E-state index contributed by atoms with van der Waals surface area (Å²) in [5.74, 6) is 2.15. The lowest BCUT2D eigenvalue weighted by atomic mass is 10.1. The number of anilines is 1. The van der Waals surface area contributed by atoms with Crippen molar-refractivity contribution >= 4 is 37.9 Å². The molecule has 0 amide bonds. The van der Waals surface area contributed by atoms with Crippen LogP contribution >= 0.6 is 11.3 Å². The monoisotopic (exact) mass is 551 g/mol. The lowest BCUT2D eigenvalue weighted by molar-refractivity contribution is 0.182. The Labute approximate surface area is 228 Å². The predicted octanol–water partition coefficient (Wildman–Crippen LogP) is 5.25. The van der Waals surface area contributed by atoms with Crippen molar-refractivity contribution in [1.29, 1.82) is 0 Å². The van der Waals surface area contributed by atoms with Gasteiger partial charge in [-0.15, -0.1) is 11.3 Å². The van der Waals surface area contributed by atoms with Gasteiger partial charge in [0.05, 0.1) is 29.3 Å². The molecule has 1 unspecified atom stereocenters. The summed E-state index contributed by atoms with van der Waals surface area (Å²) >= 11 is 1.78. The average molecular weight is 552 g/mol. The van der Waals surface area contributed by atoms with Crippen LogP contribution in [0.15, 0.2) is 48.7 Å². The molecule has 200 valence electrons. The van der Waals surface area contributed by atoms with E-state index in [0.717, 1.165) is 23.3 Å². The van der Waals surface area contributed by atoms with Gasteiger partial charge in [-0.1, -0.05) is 24.3 Å². The van der Waals surface area contributed by atoms with Gasteiger partial charge in [-0.25, -0.2) is 23.4 Å². The Morgan fingerprint density at radius 1 is 1.13 bits per heavy atom. The third-order valence-electron chi connectivity index (χ3n) is 6.63. The number of nitrogens with zero attached hydrogens (tertiary/aromatic N) is 4. The second-order valence-corrected chi connectivity index (χ2v) is 13.5. The van der Waals surface area contributed by atoms with E-state index in [1.807, 2.05) is 13.0 Å². The van der Waals surface area contributed by atoms with Crippen molar-refractivity contribution in [2.24, 2.45) is 0 Å². The maximum Gasteiger partial charge on any atom is 0.214 e. The minimum absolute atomic E-state index is 0.0216. The van der Waals surface area contributed by atoms with Gasteiger partial charge in [-0.3, -0.25) is 0 Å². The summed E-state index contributed by atoms with van der Waals surface area (Å²) in [6.07, 6.45) is 2.49. The first-order chi connectivity index (χ1) is 18.2. The van der Waals surface area contributed by atoms with E-state index in [0.29, 0.717) is 24.5 Å². The number of thiophene rings is 1. The first-order valence-corrected chi connectivity index (χ1v) is 15.4. The molecule has 1 fully saturated rings. The predicted molar refractivity (Wildman–Crippen MR) is 154 cm³/mol. The maximum absolute atomic E-state index is 11.8. The molecule has 3 aromatic heterocycles. The molecular formula is C28H33N5O3S2. The number of hydrogen-bond acceptors (Lipinski definition) is 9. The van der Waals surface area contributed by atoms with Crippen molar-refractivity contribution in [2.45, 2.75) is 45.4 Å². The highest BCUT2D eigenvalue weighted by Gasteiger charge is 2.25. The zero-order valence-electron chi connectivity index (χ0n) is 22.1. The van der Waals surface area contributed by atoms with E-state index in [9.17, 15) is 8.42 Å². The van der Waals surface area contributed by atoms with Crippen molar-refractivity contribution < 1.29 is 13.2 Å². The highest BCUT2D eigenvalue weighted by atomic mass is 32.2. The fraction of sp³-hybridized carbons (Fsp3) is 0.393. The van der Waals surface area contributed by atoms with Crippen LogP contribution < -0.4 is 10.1 Å². The Morgan fingerprint density at radius 3 is 2.66 bits per heavy atom. The van der Waals surface area contributed by atoms with Gasteiger partial charge < -0.3 is 15.0 Å². The molecule has 1 aliphatic rings. The number of sulfone groups is 1. The molecule has 1 saturated heterocycles. The maximum atomic E-state index is 11.8. The Hall–Kier alpha value is -3.08. The fourth-order valence-corrected chi connectivity index (χ4v) is 7.23. The lowest BCUT2D eigenvalue weighted by Crippen LogP contribution is -2.30. The molecule has 4 aromatic rings. The molecule has 0 bridgehead atoms. The van der Waals surface area contributed by atoms with Gasteiger partial charge >= 0.3 is 0 Å². The minimum Gasteiger partial charge on any atom is -0.474 e. The van der Waals surface area contributed by atoms with E-state index in [1.165, 1.54) is 20.9 Å². The number of fused-ring (bicyclic) bond motifs is 1. The smallest absolute Gasteiger partial charge is 0.214 e. The number of benzene rings is 1.